The molecule has 1 aliphatic heterocycles. The van der Waals surface area contributed by atoms with E-state index in [9.17, 15) is 4.79 Å². The Labute approximate surface area is 96.4 Å². The molecule has 1 saturated heterocycles. The summed E-state index contributed by atoms with van der Waals surface area (Å²) in [5.41, 5.74) is 1.05. The van der Waals surface area contributed by atoms with Gasteiger partial charge in [-0.3, -0.25) is 4.79 Å². The van der Waals surface area contributed by atoms with E-state index in [1.54, 1.807) is 4.90 Å². The molecule has 3 nitrogen and oxygen atoms in total. The second-order valence-corrected chi connectivity index (χ2v) is 4.41. The van der Waals surface area contributed by atoms with Crippen molar-refractivity contribution in [3.05, 3.63) is 34.3 Å². The Morgan fingerprint density at radius 3 is 2.67 bits per heavy atom. The highest BCUT2D eigenvalue weighted by Gasteiger charge is 2.35. The topological polar surface area (TPSA) is 44.1 Å². The molecule has 1 aromatic rings. The first-order valence-electron chi connectivity index (χ1n) is 4.64. The van der Waals surface area contributed by atoms with E-state index < -0.39 is 0 Å². The second-order valence-electron chi connectivity index (χ2n) is 3.50. The number of hydrogen-bond acceptors (Lipinski definition) is 2. The van der Waals surface area contributed by atoms with E-state index in [0.29, 0.717) is 13.0 Å². The fourth-order valence-corrected chi connectivity index (χ4v) is 1.82. The fourth-order valence-electron chi connectivity index (χ4n) is 1.55. The molecule has 0 radical (unpaired) electrons. The number of halogens is 1. The molecule has 1 aliphatic rings. The number of carbonyl (C=O) groups excluding carboxylic acids is 1. The molecule has 0 aromatic heterocycles. The number of rotatable bonds is 2. The third kappa shape index (κ3) is 2.02. The summed E-state index contributed by atoms with van der Waals surface area (Å²) in [5, 5.41) is 8.74. The Morgan fingerprint density at radius 2 is 2.13 bits per heavy atom. The van der Waals surface area contributed by atoms with E-state index in [1.807, 2.05) is 24.3 Å². The Hall–Kier alpha value is -1.34. The van der Waals surface area contributed by atoms with Crippen molar-refractivity contribution in [3.63, 3.8) is 0 Å². The van der Waals surface area contributed by atoms with Crippen LogP contribution in [0.1, 0.15) is 12.0 Å². The van der Waals surface area contributed by atoms with Crippen molar-refractivity contribution >= 4 is 21.8 Å². The van der Waals surface area contributed by atoms with Crippen molar-refractivity contribution in [2.24, 2.45) is 0 Å². The number of likely N-dealkylation sites (tertiary alicyclic amines) is 1. The standard InChI is InChI=1S/C11H9BrN2O/c12-9-3-1-8(2-4-9)7-14-10(6-13)5-11(14)15/h1-4,10H,5,7H2/t10-/m0/s1. The van der Waals surface area contributed by atoms with Gasteiger partial charge in [-0.25, -0.2) is 0 Å². The summed E-state index contributed by atoms with van der Waals surface area (Å²) >= 11 is 3.35. The first-order valence-corrected chi connectivity index (χ1v) is 5.43. The monoisotopic (exact) mass is 264 g/mol. The van der Waals surface area contributed by atoms with Crippen molar-refractivity contribution in [1.29, 1.82) is 5.26 Å². The van der Waals surface area contributed by atoms with Crippen LogP contribution in [-0.2, 0) is 11.3 Å². The predicted octanol–water partition coefficient (Wildman–Crippen LogP) is 2.07. The molecule has 0 bridgehead atoms. The van der Waals surface area contributed by atoms with Gasteiger partial charge in [0.05, 0.1) is 12.5 Å². The molecular weight excluding hydrogens is 256 g/mol. The van der Waals surface area contributed by atoms with Gasteiger partial charge < -0.3 is 4.90 Å². The predicted molar refractivity (Wildman–Crippen MR) is 58.7 cm³/mol. The van der Waals surface area contributed by atoms with Crippen LogP contribution in [0.4, 0.5) is 0 Å². The molecule has 15 heavy (non-hydrogen) atoms. The summed E-state index contributed by atoms with van der Waals surface area (Å²) in [6.07, 6.45) is 0.368. The van der Waals surface area contributed by atoms with Crippen molar-refractivity contribution in [2.75, 3.05) is 0 Å². The van der Waals surface area contributed by atoms with Gasteiger partial charge in [0.25, 0.3) is 0 Å². The molecule has 1 heterocycles. The van der Waals surface area contributed by atoms with Gasteiger partial charge in [0, 0.05) is 11.0 Å². The molecule has 1 aromatic carbocycles. The molecule has 0 unspecified atom stereocenters. The smallest absolute Gasteiger partial charge is 0.227 e. The summed E-state index contributed by atoms with van der Waals surface area (Å²) in [6, 6.07) is 9.63. The normalized spacial score (nSPS) is 19.6. The van der Waals surface area contributed by atoms with Gasteiger partial charge in [-0.1, -0.05) is 28.1 Å². The van der Waals surface area contributed by atoms with Crippen LogP contribution in [0.25, 0.3) is 0 Å². The van der Waals surface area contributed by atoms with Crippen molar-refractivity contribution in [1.82, 2.24) is 4.90 Å². The Balaban J connectivity index is 2.06. The molecule has 1 atom stereocenters. The Kier molecular flexibility index (Phi) is 2.74. The molecular formula is C11H9BrN2O. The maximum Gasteiger partial charge on any atom is 0.227 e. The number of β-lactam (4-membered cyclic amide) rings is 1. The molecule has 0 aliphatic carbocycles. The average Bonchev–Trinajstić information content (AvgIpc) is 2.24. The van der Waals surface area contributed by atoms with Gasteiger partial charge in [-0.15, -0.1) is 0 Å². The highest BCUT2D eigenvalue weighted by molar-refractivity contribution is 9.10. The maximum atomic E-state index is 11.2. The average molecular weight is 265 g/mol. The lowest BCUT2D eigenvalue weighted by molar-refractivity contribution is -0.144. The van der Waals surface area contributed by atoms with Gasteiger partial charge in [0.15, 0.2) is 0 Å². The molecule has 1 amide bonds. The molecule has 0 saturated carbocycles. The molecule has 76 valence electrons. The number of nitriles is 1. The molecule has 2 rings (SSSR count). The quantitative estimate of drug-likeness (QED) is 0.768. The van der Waals surface area contributed by atoms with E-state index in [0.717, 1.165) is 10.0 Å². The Bertz CT molecular complexity index is 421. The van der Waals surface area contributed by atoms with E-state index in [2.05, 4.69) is 22.0 Å². The fraction of sp³-hybridized carbons (Fsp3) is 0.273. The lowest BCUT2D eigenvalue weighted by atomic mass is 10.0. The van der Waals surface area contributed by atoms with Crippen molar-refractivity contribution < 1.29 is 4.79 Å². The minimum absolute atomic E-state index is 0.0597. The highest BCUT2D eigenvalue weighted by atomic mass is 79.9. The summed E-state index contributed by atoms with van der Waals surface area (Å²) < 4.78 is 1.01. The van der Waals surface area contributed by atoms with E-state index >= 15 is 0 Å². The SMILES string of the molecule is N#C[C@@H]1CC(=O)N1Cc1ccc(Br)cc1. The second kappa shape index (κ2) is 4.03. The van der Waals surface area contributed by atoms with Crippen molar-refractivity contribution in [2.45, 2.75) is 19.0 Å². The molecule has 0 spiro atoms. The third-order valence-electron chi connectivity index (χ3n) is 2.48. The molecule has 0 N–H and O–H groups in total. The van der Waals surface area contributed by atoms with Crippen LogP contribution in [0.3, 0.4) is 0 Å². The number of carbonyl (C=O) groups is 1. The van der Waals surface area contributed by atoms with E-state index in [-0.39, 0.29) is 11.9 Å². The van der Waals surface area contributed by atoms with Crippen LogP contribution >= 0.6 is 15.9 Å². The van der Waals surface area contributed by atoms with Crippen molar-refractivity contribution in [3.8, 4) is 6.07 Å². The van der Waals surface area contributed by atoms with E-state index in [4.69, 9.17) is 5.26 Å². The number of hydrogen-bond donors (Lipinski definition) is 0. The van der Waals surface area contributed by atoms with Gasteiger partial charge in [-0.05, 0) is 17.7 Å². The molecule has 4 heteroatoms. The summed E-state index contributed by atoms with van der Waals surface area (Å²) in [5.74, 6) is 0.0597. The van der Waals surface area contributed by atoms with Crippen LogP contribution in [0, 0.1) is 11.3 Å². The van der Waals surface area contributed by atoms with Crippen LogP contribution in [0.2, 0.25) is 0 Å². The summed E-state index contributed by atoms with van der Waals surface area (Å²) in [7, 11) is 0. The van der Waals surface area contributed by atoms with Crippen LogP contribution in [-0.4, -0.2) is 16.8 Å². The first kappa shape index (κ1) is 10.2. The zero-order valence-corrected chi connectivity index (χ0v) is 9.57. The van der Waals surface area contributed by atoms with Gasteiger partial charge >= 0.3 is 0 Å². The number of nitrogens with zero attached hydrogens (tertiary/aromatic N) is 2. The van der Waals surface area contributed by atoms with Gasteiger partial charge in [0.2, 0.25) is 5.91 Å². The largest absolute Gasteiger partial charge is 0.322 e. The number of benzene rings is 1. The maximum absolute atomic E-state index is 11.2. The minimum Gasteiger partial charge on any atom is -0.322 e. The lowest BCUT2D eigenvalue weighted by Gasteiger charge is -2.35. The summed E-state index contributed by atoms with van der Waals surface area (Å²) in [4.78, 5) is 12.8. The zero-order chi connectivity index (χ0) is 10.8. The Morgan fingerprint density at radius 1 is 1.47 bits per heavy atom. The van der Waals surface area contributed by atoms with Gasteiger partial charge in [0.1, 0.15) is 6.04 Å². The van der Waals surface area contributed by atoms with Gasteiger partial charge in [-0.2, -0.15) is 5.26 Å². The zero-order valence-electron chi connectivity index (χ0n) is 7.98. The number of amides is 1. The van der Waals surface area contributed by atoms with Crippen LogP contribution in [0.5, 0.6) is 0 Å². The van der Waals surface area contributed by atoms with Crippen LogP contribution in [0.15, 0.2) is 28.7 Å². The lowest BCUT2D eigenvalue weighted by Crippen LogP contribution is -2.50. The molecule has 1 fully saturated rings. The summed E-state index contributed by atoms with van der Waals surface area (Å²) in [6.45, 7) is 0.532. The van der Waals surface area contributed by atoms with Crippen LogP contribution < -0.4 is 0 Å². The minimum atomic E-state index is -0.235. The highest BCUT2D eigenvalue weighted by Crippen LogP contribution is 2.22. The third-order valence-corrected chi connectivity index (χ3v) is 3.01. The van der Waals surface area contributed by atoms with E-state index in [1.165, 1.54) is 0 Å². The first-order chi connectivity index (χ1) is 7.20.